The molecular formula is C13H18N6O. The number of aromatic nitrogens is 4. The van der Waals surface area contributed by atoms with E-state index in [0.717, 1.165) is 0 Å². The van der Waals surface area contributed by atoms with Crippen molar-refractivity contribution in [3.8, 4) is 5.95 Å². The lowest BCUT2D eigenvalue weighted by Crippen LogP contribution is -2.36. The molecule has 0 aliphatic carbocycles. The van der Waals surface area contributed by atoms with Crippen LogP contribution in [0, 0.1) is 5.92 Å². The maximum atomic E-state index is 11.9. The molecule has 3 N–H and O–H groups in total. The minimum Gasteiger partial charge on any atom is -0.322 e. The minimum atomic E-state index is -0.522. The Kier molecular flexibility index (Phi) is 4.41. The first kappa shape index (κ1) is 14.1. The molecule has 7 heteroatoms. The van der Waals surface area contributed by atoms with Gasteiger partial charge >= 0.3 is 0 Å². The van der Waals surface area contributed by atoms with E-state index in [0.29, 0.717) is 24.0 Å². The van der Waals surface area contributed by atoms with E-state index < -0.39 is 6.04 Å². The van der Waals surface area contributed by atoms with E-state index in [-0.39, 0.29) is 5.91 Å². The Morgan fingerprint density at radius 3 is 2.75 bits per heavy atom. The van der Waals surface area contributed by atoms with Crippen LogP contribution in [0.15, 0.2) is 30.9 Å². The van der Waals surface area contributed by atoms with Crippen molar-refractivity contribution < 1.29 is 4.79 Å². The maximum absolute atomic E-state index is 11.9. The van der Waals surface area contributed by atoms with Crippen molar-refractivity contribution in [2.75, 3.05) is 5.32 Å². The number of anilines is 1. The molecular weight excluding hydrogens is 256 g/mol. The van der Waals surface area contributed by atoms with Gasteiger partial charge in [-0.1, -0.05) is 13.8 Å². The van der Waals surface area contributed by atoms with Gasteiger partial charge in [-0.15, -0.1) is 0 Å². The summed E-state index contributed by atoms with van der Waals surface area (Å²) in [6.45, 7) is 4.05. The molecule has 0 unspecified atom stereocenters. The van der Waals surface area contributed by atoms with Crippen molar-refractivity contribution >= 4 is 11.6 Å². The lowest BCUT2D eigenvalue weighted by Gasteiger charge is -2.12. The van der Waals surface area contributed by atoms with Crippen LogP contribution in [0.5, 0.6) is 0 Å². The molecule has 0 aromatic carbocycles. The van der Waals surface area contributed by atoms with E-state index in [1.165, 1.54) is 10.9 Å². The smallest absolute Gasteiger partial charge is 0.250 e. The quantitative estimate of drug-likeness (QED) is 0.846. The van der Waals surface area contributed by atoms with Gasteiger partial charge in [0.15, 0.2) is 0 Å². The predicted octanol–water partition coefficient (Wildman–Crippen LogP) is 0.974. The molecule has 20 heavy (non-hydrogen) atoms. The summed E-state index contributed by atoms with van der Waals surface area (Å²) < 4.78 is 1.49. The fourth-order valence-electron chi connectivity index (χ4n) is 1.76. The van der Waals surface area contributed by atoms with Gasteiger partial charge in [0.05, 0.1) is 24.1 Å². The van der Waals surface area contributed by atoms with E-state index in [2.05, 4.69) is 20.4 Å². The SMILES string of the molecule is CC(C)C[C@H](N)C(=O)Nc1cnn(-c2ncccn2)c1. The second-order valence-corrected chi connectivity index (χ2v) is 4.95. The first-order chi connectivity index (χ1) is 9.56. The Morgan fingerprint density at radius 1 is 1.40 bits per heavy atom. The molecule has 0 fully saturated rings. The summed E-state index contributed by atoms with van der Waals surface area (Å²) in [5, 5.41) is 6.83. The number of hydrogen-bond acceptors (Lipinski definition) is 5. The number of hydrogen-bond donors (Lipinski definition) is 2. The molecule has 2 heterocycles. The van der Waals surface area contributed by atoms with Crippen LogP contribution in [-0.2, 0) is 4.79 Å². The molecule has 0 saturated carbocycles. The Labute approximate surface area is 117 Å². The Hall–Kier alpha value is -2.28. The highest BCUT2D eigenvalue weighted by Gasteiger charge is 2.15. The number of amides is 1. The molecule has 2 rings (SSSR count). The summed E-state index contributed by atoms with van der Waals surface area (Å²) in [7, 11) is 0. The lowest BCUT2D eigenvalue weighted by atomic mass is 10.0. The molecule has 0 bridgehead atoms. The monoisotopic (exact) mass is 274 g/mol. The molecule has 2 aromatic rings. The highest BCUT2D eigenvalue weighted by molar-refractivity contribution is 5.94. The lowest BCUT2D eigenvalue weighted by molar-refractivity contribution is -0.117. The van der Waals surface area contributed by atoms with Crippen LogP contribution >= 0.6 is 0 Å². The molecule has 2 aromatic heterocycles. The van der Waals surface area contributed by atoms with E-state index in [1.807, 2.05) is 13.8 Å². The van der Waals surface area contributed by atoms with Crippen molar-refractivity contribution in [1.82, 2.24) is 19.7 Å². The summed E-state index contributed by atoms with van der Waals surface area (Å²) in [5.74, 6) is 0.600. The Bertz CT molecular complexity index is 565. The van der Waals surface area contributed by atoms with Crippen LogP contribution in [-0.4, -0.2) is 31.7 Å². The fourth-order valence-corrected chi connectivity index (χ4v) is 1.76. The number of nitrogens with zero attached hydrogens (tertiary/aromatic N) is 4. The molecule has 0 saturated heterocycles. The zero-order valence-corrected chi connectivity index (χ0v) is 11.5. The number of rotatable bonds is 5. The van der Waals surface area contributed by atoms with E-state index in [4.69, 9.17) is 5.73 Å². The molecule has 0 spiro atoms. The van der Waals surface area contributed by atoms with Gasteiger partial charge in [0, 0.05) is 12.4 Å². The normalized spacial score (nSPS) is 12.4. The summed E-state index contributed by atoms with van der Waals surface area (Å²) >= 11 is 0. The van der Waals surface area contributed by atoms with Gasteiger partial charge < -0.3 is 11.1 Å². The molecule has 7 nitrogen and oxygen atoms in total. The zero-order chi connectivity index (χ0) is 14.5. The van der Waals surface area contributed by atoms with Crippen molar-refractivity contribution in [3.05, 3.63) is 30.9 Å². The highest BCUT2D eigenvalue weighted by atomic mass is 16.2. The number of carbonyl (C=O) groups excluding carboxylic acids is 1. The molecule has 0 radical (unpaired) electrons. The molecule has 1 atom stereocenters. The number of nitrogens with one attached hydrogen (secondary N) is 1. The summed E-state index contributed by atoms with van der Waals surface area (Å²) in [4.78, 5) is 20.0. The van der Waals surface area contributed by atoms with Gasteiger partial charge in [-0.2, -0.15) is 5.10 Å². The van der Waals surface area contributed by atoms with Gasteiger partial charge in [-0.3, -0.25) is 4.79 Å². The standard InChI is InChI=1S/C13H18N6O/c1-9(2)6-11(14)12(20)18-10-7-17-19(8-10)13-15-4-3-5-16-13/h3-5,7-9,11H,6,14H2,1-2H3,(H,18,20)/t11-/m0/s1. The van der Waals surface area contributed by atoms with Crippen molar-refractivity contribution in [2.45, 2.75) is 26.3 Å². The Morgan fingerprint density at radius 2 is 2.10 bits per heavy atom. The largest absolute Gasteiger partial charge is 0.322 e. The van der Waals surface area contributed by atoms with E-state index in [1.54, 1.807) is 24.7 Å². The van der Waals surface area contributed by atoms with E-state index in [9.17, 15) is 4.79 Å². The van der Waals surface area contributed by atoms with Crippen LogP contribution in [0.25, 0.3) is 5.95 Å². The molecule has 0 aliphatic heterocycles. The summed E-state index contributed by atoms with van der Waals surface area (Å²) in [6, 6.07) is 1.20. The zero-order valence-electron chi connectivity index (χ0n) is 11.5. The Balaban J connectivity index is 2.01. The van der Waals surface area contributed by atoms with Crippen LogP contribution in [0.2, 0.25) is 0 Å². The number of nitrogens with two attached hydrogens (primary N) is 1. The molecule has 0 aliphatic rings. The van der Waals surface area contributed by atoms with Crippen LogP contribution < -0.4 is 11.1 Å². The minimum absolute atomic E-state index is 0.216. The third-order valence-corrected chi connectivity index (χ3v) is 2.67. The number of carbonyl (C=O) groups is 1. The van der Waals surface area contributed by atoms with Gasteiger partial charge in [0.25, 0.3) is 0 Å². The maximum Gasteiger partial charge on any atom is 0.250 e. The first-order valence-corrected chi connectivity index (χ1v) is 6.44. The third kappa shape index (κ3) is 3.61. The predicted molar refractivity (Wildman–Crippen MR) is 75.2 cm³/mol. The van der Waals surface area contributed by atoms with Gasteiger partial charge in [0.2, 0.25) is 11.9 Å². The second-order valence-electron chi connectivity index (χ2n) is 4.95. The highest BCUT2D eigenvalue weighted by Crippen LogP contribution is 2.10. The van der Waals surface area contributed by atoms with Crippen molar-refractivity contribution in [3.63, 3.8) is 0 Å². The second kappa shape index (κ2) is 6.25. The molecule has 1 amide bonds. The average Bonchev–Trinajstić information content (AvgIpc) is 2.87. The van der Waals surface area contributed by atoms with Crippen molar-refractivity contribution in [1.29, 1.82) is 0 Å². The van der Waals surface area contributed by atoms with Crippen LogP contribution in [0.1, 0.15) is 20.3 Å². The van der Waals surface area contributed by atoms with Gasteiger partial charge in [-0.05, 0) is 18.4 Å². The topological polar surface area (TPSA) is 98.7 Å². The van der Waals surface area contributed by atoms with Gasteiger partial charge in [0.1, 0.15) is 0 Å². The summed E-state index contributed by atoms with van der Waals surface area (Å²) in [6.07, 6.45) is 7.08. The van der Waals surface area contributed by atoms with Gasteiger partial charge in [-0.25, -0.2) is 14.6 Å². The van der Waals surface area contributed by atoms with Crippen LogP contribution in [0.4, 0.5) is 5.69 Å². The van der Waals surface area contributed by atoms with Crippen molar-refractivity contribution in [2.24, 2.45) is 11.7 Å². The van der Waals surface area contributed by atoms with E-state index >= 15 is 0 Å². The first-order valence-electron chi connectivity index (χ1n) is 6.44. The fraction of sp³-hybridized carbons (Fsp3) is 0.385. The summed E-state index contributed by atoms with van der Waals surface area (Å²) in [5.41, 5.74) is 6.39. The average molecular weight is 274 g/mol. The third-order valence-electron chi connectivity index (χ3n) is 2.67. The molecule has 106 valence electrons. The van der Waals surface area contributed by atoms with Crippen LogP contribution in [0.3, 0.4) is 0 Å².